The molecule has 1 aromatic carbocycles. The van der Waals surface area contributed by atoms with Crippen LogP contribution in [0, 0.1) is 0 Å². The van der Waals surface area contributed by atoms with Gasteiger partial charge in [-0.3, -0.25) is 0 Å². The molecule has 92 valence electrons. The maximum absolute atomic E-state index is 4.46. The van der Waals surface area contributed by atoms with E-state index >= 15 is 0 Å². The second-order valence-electron chi connectivity index (χ2n) is 4.54. The molecule has 1 N–H and O–H groups in total. The average Bonchev–Trinajstić information content (AvgIpc) is 2.72. The lowest BCUT2D eigenvalue weighted by molar-refractivity contribution is 0.590. The predicted octanol–water partition coefficient (Wildman–Crippen LogP) is 2.73. The second kappa shape index (κ2) is 5.47. The molecule has 0 unspecified atom stereocenters. The zero-order chi connectivity index (χ0) is 12.3. The molecule has 0 saturated carbocycles. The number of aromatic nitrogens is 1. The van der Waals surface area contributed by atoms with Gasteiger partial charge in [0.25, 0.3) is 0 Å². The van der Waals surface area contributed by atoms with Crippen LogP contribution in [0.2, 0.25) is 0 Å². The summed E-state index contributed by atoms with van der Waals surface area (Å²) in [5.41, 5.74) is 1.09. The van der Waals surface area contributed by atoms with Gasteiger partial charge in [-0.2, -0.15) is 4.37 Å². The third-order valence-electron chi connectivity index (χ3n) is 2.71. The summed E-state index contributed by atoms with van der Waals surface area (Å²) >= 11 is 1.58. The first-order valence-corrected chi connectivity index (χ1v) is 6.75. The first kappa shape index (κ1) is 12.3. The molecule has 1 aromatic heterocycles. The van der Waals surface area contributed by atoms with Crippen LogP contribution >= 0.6 is 11.5 Å². The van der Waals surface area contributed by atoms with Gasteiger partial charge in [0.2, 0.25) is 0 Å². The van der Waals surface area contributed by atoms with Crippen LogP contribution in [-0.4, -0.2) is 30.6 Å². The minimum absolute atomic E-state index is 0.543. The van der Waals surface area contributed by atoms with Crippen molar-refractivity contribution in [2.75, 3.05) is 25.0 Å². The van der Waals surface area contributed by atoms with E-state index in [0.29, 0.717) is 6.04 Å². The fourth-order valence-electron chi connectivity index (χ4n) is 1.77. The van der Waals surface area contributed by atoms with E-state index in [4.69, 9.17) is 0 Å². The van der Waals surface area contributed by atoms with Crippen molar-refractivity contribution in [1.29, 1.82) is 0 Å². The third kappa shape index (κ3) is 2.96. The van der Waals surface area contributed by atoms with Gasteiger partial charge in [-0.25, -0.2) is 0 Å². The van der Waals surface area contributed by atoms with Gasteiger partial charge < -0.3 is 10.2 Å². The zero-order valence-electron chi connectivity index (χ0n) is 10.6. The van der Waals surface area contributed by atoms with Crippen LogP contribution in [0.4, 0.5) is 5.00 Å². The summed E-state index contributed by atoms with van der Waals surface area (Å²) in [7, 11) is 2.13. The lowest BCUT2D eigenvalue weighted by Gasteiger charge is -2.18. The number of benzene rings is 1. The Hall–Kier alpha value is -1.13. The molecule has 0 aliphatic heterocycles. The molecule has 0 aliphatic carbocycles. The van der Waals surface area contributed by atoms with Crippen molar-refractivity contribution in [3.05, 3.63) is 24.3 Å². The first-order chi connectivity index (χ1) is 8.18. The topological polar surface area (TPSA) is 28.2 Å². The summed E-state index contributed by atoms with van der Waals surface area (Å²) < 4.78 is 4.46. The molecule has 0 spiro atoms. The number of hydrogen-bond donors (Lipinski definition) is 1. The third-order valence-corrected chi connectivity index (χ3v) is 3.70. The van der Waals surface area contributed by atoms with Crippen molar-refractivity contribution in [2.45, 2.75) is 19.9 Å². The molecule has 4 heteroatoms. The van der Waals surface area contributed by atoms with Gasteiger partial charge in [0.05, 0.1) is 5.52 Å². The molecular weight excluding hydrogens is 230 g/mol. The lowest BCUT2D eigenvalue weighted by atomic mass is 10.2. The minimum atomic E-state index is 0.543. The summed E-state index contributed by atoms with van der Waals surface area (Å²) in [5, 5.41) is 5.94. The van der Waals surface area contributed by atoms with Crippen LogP contribution in [0.5, 0.6) is 0 Å². The number of likely N-dealkylation sites (N-methyl/N-ethyl adjacent to an activating group) is 1. The van der Waals surface area contributed by atoms with Crippen LogP contribution in [-0.2, 0) is 0 Å². The standard InChI is InChI=1S/C13H19N3S/c1-10(2)14-8-9-16(3)13-11-6-4-5-7-12(11)15-17-13/h4-7,10,14H,8-9H2,1-3H3. The van der Waals surface area contributed by atoms with Crippen molar-refractivity contribution >= 4 is 27.4 Å². The van der Waals surface area contributed by atoms with E-state index in [-0.39, 0.29) is 0 Å². The lowest BCUT2D eigenvalue weighted by Crippen LogP contribution is -2.32. The van der Waals surface area contributed by atoms with E-state index in [0.717, 1.165) is 18.6 Å². The second-order valence-corrected chi connectivity index (χ2v) is 5.29. The van der Waals surface area contributed by atoms with Gasteiger partial charge in [0, 0.05) is 31.6 Å². The van der Waals surface area contributed by atoms with E-state index in [1.807, 2.05) is 6.07 Å². The number of nitrogens with one attached hydrogen (secondary N) is 1. The number of anilines is 1. The van der Waals surface area contributed by atoms with E-state index < -0.39 is 0 Å². The molecule has 0 fully saturated rings. The molecule has 1 heterocycles. The Morgan fingerprint density at radius 1 is 1.35 bits per heavy atom. The fraction of sp³-hybridized carbons (Fsp3) is 0.462. The SMILES string of the molecule is CC(C)NCCN(C)c1snc2ccccc12. The highest BCUT2D eigenvalue weighted by Gasteiger charge is 2.09. The predicted molar refractivity (Wildman–Crippen MR) is 76.0 cm³/mol. The van der Waals surface area contributed by atoms with Crippen molar-refractivity contribution in [3.63, 3.8) is 0 Å². The Balaban J connectivity index is 2.06. The summed E-state index contributed by atoms with van der Waals surface area (Å²) in [4.78, 5) is 2.27. The van der Waals surface area contributed by atoms with Crippen molar-refractivity contribution in [2.24, 2.45) is 0 Å². The van der Waals surface area contributed by atoms with Gasteiger partial charge in [-0.1, -0.05) is 26.0 Å². The highest BCUT2D eigenvalue weighted by Crippen LogP contribution is 2.29. The molecule has 17 heavy (non-hydrogen) atoms. The van der Waals surface area contributed by atoms with E-state index in [1.54, 1.807) is 11.5 Å². The molecule has 0 atom stereocenters. The Kier molecular flexibility index (Phi) is 3.97. The number of fused-ring (bicyclic) bond motifs is 1. The monoisotopic (exact) mass is 249 g/mol. The zero-order valence-corrected chi connectivity index (χ0v) is 11.4. The molecular formula is C13H19N3S. The van der Waals surface area contributed by atoms with E-state index in [1.165, 1.54) is 10.4 Å². The Morgan fingerprint density at radius 2 is 2.12 bits per heavy atom. The van der Waals surface area contributed by atoms with Crippen LogP contribution in [0.1, 0.15) is 13.8 Å². The minimum Gasteiger partial charge on any atom is -0.363 e. The van der Waals surface area contributed by atoms with Crippen molar-refractivity contribution in [3.8, 4) is 0 Å². The molecule has 2 aromatic rings. The smallest absolute Gasteiger partial charge is 0.119 e. The maximum Gasteiger partial charge on any atom is 0.119 e. The normalized spacial score (nSPS) is 11.3. The maximum atomic E-state index is 4.46. The van der Waals surface area contributed by atoms with Crippen molar-refractivity contribution in [1.82, 2.24) is 9.69 Å². The summed E-state index contributed by atoms with van der Waals surface area (Å²) in [6.07, 6.45) is 0. The van der Waals surface area contributed by atoms with Gasteiger partial charge in [-0.05, 0) is 23.7 Å². The summed E-state index contributed by atoms with van der Waals surface area (Å²) in [5.74, 6) is 0. The number of rotatable bonds is 5. The molecule has 0 amide bonds. The van der Waals surface area contributed by atoms with Gasteiger partial charge in [-0.15, -0.1) is 0 Å². The van der Waals surface area contributed by atoms with E-state index in [9.17, 15) is 0 Å². The largest absolute Gasteiger partial charge is 0.363 e. The highest BCUT2D eigenvalue weighted by molar-refractivity contribution is 7.11. The van der Waals surface area contributed by atoms with Crippen molar-refractivity contribution < 1.29 is 0 Å². The quantitative estimate of drug-likeness (QED) is 0.883. The van der Waals surface area contributed by atoms with Crippen LogP contribution in [0.3, 0.4) is 0 Å². The Bertz CT molecular complexity index is 478. The van der Waals surface area contributed by atoms with Crippen LogP contribution in [0.25, 0.3) is 10.9 Å². The highest BCUT2D eigenvalue weighted by atomic mass is 32.1. The molecule has 0 bridgehead atoms. The molecule has 2 rings (SSSR count). The summed E-state index contributed by atoms with van der Waals surface area (Å²) in [6.45, 7) is 6.34. The van der Waals surface area contributed by atoms with E-state index in [2.05, 4.69) is 53.7 Å². The number of nitrogens with zero attached hydrogens (tertiary/aromatic N) is 2. The fourth-order valence-corrected chi connectivity index (χ4v) is 2.62. The molecule has 0 saturated heterocycles. The Labute approximate surface area is 107 Å². The summed E-state index contributed by atoms with van der Waals surface area (Å²) in [6, 6.07) is 8.85. The number of hydrogen-bond acceptors (Lipinski definition) is 4. The van der Waals surface area contributed by atoms with Gasteiger partial charge in [0.1, 0.15) is 5.00 Å². The van der Waals surface area contributed by atoms with Crippen LogP contribution in [0.15, 0.2) is 24.3 Å². The van der Waals surface area contributed by atoms with Gasteiger partial charge >= 0.3 is 0 Å². The average molecular weight is 249 g/mol. The van der Waals surface area contributed by atoms with Crippen LogP contribution < -0.4 is 10.2 Å². The molecule has 0 radical (unpaired) electrons. The Morgan fingerprint density at radius 3 is 2.88 bits per heavy atom. The molecule has 3 nitrogen and oxygen atoms in total. The molecule has 0 aliphatic rings. The first-order valence-electron chi connectivity index (χ1n) is 5.97. The van der Waals surface area contributed by atoms with Gasteiger partial charge in [0.15, 0.2) is 0 Å².